The lowest BCUT2D eigenvalue weighted by Crippen LogP contribution is -2.31. The van der Waals surface area contributed by atoms with Crippen molar-refractivity contribution >= 4 is 11.6 Å². The van der Waals surface area contributed by atoms with Gasteiger partial charge < -0.3 is 20.0 Å². The van der Waals surface area contributed by atoms with Crippen molar-refractivity contribution in [1.82, 2.24) is 9.88 Å². The number of nitrogens with one attached hydrogen (secondary N) is 1. The molecule has 6 nitrogen and oxygen atoms in total. The molecule has 0 fully saturated rings. The standard InChI is InChI=1S/C13H15N3O3/c1-9-2-4-11(19-9)6-15-12(17)8-16-7-10(14)3-5-13(16)18/h2-5,7H,6,8,14H2,1H3,(H,15,17). The van der Waals surface area contributed by atoms with Crippen LogP contribution in [0.3, 0.4) is 0 Å². The monoisotopic (exact) mass is 261 g/mol. The van der Waals surface area contributed by atoms with Gasteiger partial charge in [0.05, 0.1) is 6.54 Å². The lowest BCUT2D eigenvalue weighted by atomic mass is 10.4. The molecule has 19 heavy (non-hydrogen) atoms. The Kier molecular flexibility index (Phi) is 3.70. The van der Waals surface area contributed by atoms with Crippen molar-refractivity contribution in [3.05, 3.63) is 52.3 Å². The second-order valence-corrected chi connectivity index (χ2v) is 4.22. The molecular weight excluding hydrogens is 246 g/mol. The molecule has 3 N–H and O–H groups in total. The molecular formula is C13H15N3O3. The molecule has 2 aromatic rings. The Morgan fingerprint density at radius 3 is 2.84 bits per heavy atom. The molecule has 0 unspecified atom stereocenters. The molecule has 0 spiro atoms. The van der Waals surface area contributed by atoms with Crippen LogP contribution in [-0.2, 0) is 17.9 Å². The number of nitrogens with zero attached hydrogens (tertiary/aromatic N) is 1. The third-order valence-corrected chi connectivity index (χ3v) is 2.58. The zero-order chi connectivity index (χ0) is 13.8. The summed E-state index contributed by atoms with van der Waals surface area (Å²) in [6, 6.07) is 6.45. The first-order valence-corrected chi connectivity index (χ1v) is 5.82. The van der Waals surface area contributed by atoms with Gasteiger partial charge in [0.25, 0.3) is 5.56 Å². The highest BCUT2D eigenvalue weighted by Crippen LogP contribution is 2.05. The van der Waals surface area contributed by atoms with Crippen molar-refractivity contribution in [1.29, 1.82) is 0 Å². The molecule has 0 aromatic carbocycles. The number of carbonyl (C=O) groups excluding carboxylic acids is 1. The normalized spacial score (nSPS) is 10.4. The summed E-state index contributed by atoms with van der Waals surface area (Å²) < 4.78 is 6.59. The molecule has 6 heteroatoms. The van der Waals surface area contributed by atoms with Gasteiger partial charge in [-0.25, -0.2) is 0 Å². The van der Waals surface area contributed by atoms with Crippen LogP contribution in [0.25, 0.3) is 0 Å². The lowest BCUT2D eigenvalue weighted by molar-refractivity contribution is -0.121. The molecule has 2 rings (SSSR count). The Hall–Kier alpha value is -2.50. The number of amides is 1. The summed E-state index contributed by atoms with van der Waals surface area (Å²) in [5.41, 5.74) is 5.74. The predicted octanol–water partition coefficient (Wildman–Crippen LogP) is 0.648. The molecule has 100 valence electrons. The van der Waals surface area contributed by atoms with Crippen LogP contribution in [0.2, 0.25) is 0 Å². The molecule has 0 bridgehead atoms. The second kappa shape index (κ2) is 5.43. The highest BCUT2D eigenvalue weighted by atomic mass is 16.3. The van der Waals surface area contributed by atoms with Crippen LogP contribution in [0.5, 0.6) is 0 Å². The number of pyridine rings is 1. The zero-order valence-corrected chi connectivity index (χ0v) is 10.6. The number of aryl methyl sites for hydroxylation is 1. The van der Waals surface area contributed by atoms with Crippen LogP contribution < -0.4 is 16.6 Å². The Labute approximate surface area is 109 Å². The van der Waals surface area contributed by atoms with Crippen LogP contribution in [0.4, 0.5) is 5.69 Å². The van der Waals surface area contributed by atoms with Crippen LogP contribution in [0, 0.1) is 6.92 Å². The first-order chi connectivity index (χ1) is 9.04. The highest BCUT2D eigenvalue weighted by molar-refractivity contribution is 5.75. The number of nitrogens with two attached hydrogens (primary N) is 1. The largest absolute Gasteiger partial charge is 0.465 e. The number of carbonyl (C=O) groups is 1. The number of hydrogen-bond donors (Lipinski definition) is 2. The molecule has 0 aliphatic carbocycles. The Morgan fingerprint density at radius 1 is 1.37 bits per heavy atom. The van der Waals surface area contributed by atoms with Crippen molar-refractivity contribution < 1.29 is 9.21 Å². The van der Waals surface area contributed by atoms with E-state index in [4.69, 9.17) is 10.2 Å². The topological polar surface area (TPSA) is 90.3 Å². The zero-order valence-electron chi connectivity index (χ0n) is 10.6. The van der Waals surface area contributed by atoms with Crippen molar-refractivity contribution in [2.75, 3.05) is 5.73 Å². The quantitative estimate of drug-likeness (QED) is 0.845. The van der Waals surface area contributed by atoms with Gasteiger partial charge in [-0.15, -0.1) is 0 Å². The average Bonchev–Trinajstić information content (AvgIpc) is 2.77. The van der Waals surface area contributed by atoms with Gasteiger partial charge in [0, 0.05) is 18.0 Å². The third-order valence-electron chi connectivity index (χ3n) is 2.58. The summed E-state index contributed by atoms with van der Waals surface area (Å²) in [4.78, 5) is 23.2. The lowest BCUT2D eigenvalue weighted by Gasteiger charge is -2.06. The van der Waals surface area contributed by atoms with Gasteiger partial charge in [-0.2, -0.15) is 0 Å². The molecule has 0 aliphatic heterocycles. The van der Waals surface area contributed by atoms with E-state index in [2.05, 4.69) is 5.32 Å². The summed E-state index contributed by atoms with van der Waals surface area (Å²) in [6.45, 7) is 2.06. The van der Waals surface area contributed by atoms with Gasteiger partial charge in [0.15, 0.2) is 0 Å². The van der Waals surface area contributed by atoms with Gasteiger partial charge in [-0.05, 0) is 25.1 Å². The maximum absolute atomic E-state index is 11.7. The average molecular weight is 261 g/mol. The fourth-order valence-corrected chi connectivity index (χ4v) is 1.65. The fourth-order valence-electron chi connectivity index (χ4n) is 1.65. The Bertz CT molecular complexity index is 643. The molecule has 0 aliphatic rings. The number of hydrogen-bond acceptors (Lipinski definition) is 4. The fraction of sp³-hybridized carbons (Fsp3) is 0.231. The maximum atomic E-state index is 11.7. The smallest absolute Gasteiger partial charge is 0.251 e. The van der Waals surface area contributed by atoms with Crippen LogP contribution in [0.15, 0.2) is 39.7 Å². The van der Waals surface area contributed by atoms with E-state index in [0.29, 0.717) is 18.0 Å². The molecule has 0 saturated carbocycles. The summed E-state index contributed by atoms with van der Waals surface area (Å²) in [5, 5.41) is 2.67. The minimum atomic E-state index is -0.276. The molecule has 0 saturated heterocycles. The Balaban J connectivity index is 1.94. The minimum absolute atomic E-state index is 0.0659. The number of furan rings is 1. The van der Waals surface area contributed by atoms with E-state index in [9.17, 15) is 9.59 Å². The second-order valence-electron chi connectivity index (χ2n) is 4.22. The molecule has 0 atom stereocenters. The van der Waals surface area contributed by atoms with E-state index in [1.807, 2.05) is 13.0 Å². The highest BCUT2D eigenvalue weighted by Gasteiger charge is 2.06. The Morgan fingerprint density at radius 2 is 2.16 bits per heavy atom. The molecule has 2 aromatic heterocycles. The van der Waals surface area contributed by atoms with Gasteiger partial charge in [0.2, 0.25) is 5.91 Å². The maximum Gasteiger partial charge on any atom is 0.251 e. The summed E-state index contributed by atoms with van der Waals surface area (Å²) in [5.74, 6) is 1.18. The van der Waals surface area contributed by atoms with Gasteiger partial charge in [0.1, 0.15) is 18.1 Å². The van der Waals surface area contributed by atoms with Crippen LogP contribution >= 0.6 is 0 Å². The summed E-state index contributed by atoms with van der Waals surface area (Å²) in [7, 11) is 0. The van der Waals surface area contributed by atoms with E-state index in [1.165, 1.54) is 22.9 Å². The van der Waals surface area contributed by atoms with Gasteiger partial charge >= 0.3 is 0 Å². The van der Waals surface area contributed by atoms with E-state index >= 15 is 0 Å². The van der Waals surface area contributed by atoms with Crippen LogP contribution in [-0.4, -0.2) is 10.5 Å². The minimum Gasteiger partial charge on any atom is -0.465 e. The predicted molar refractivity (Wildman–Crippen MR) is 70.4 cm³/mol. The van der Waals surface area contributed by atoms with Crippen molar-refractivity contribution in [2.45, 2.75) is 20.0 Å². The van der Waals surface area contributed by atoms with Gasteiger partial charge in [-0.3, -0.25) is 9.59 Å². The molecule has 2 heterocycles. The SMILES string of the molecule is Cc1ccc(CNC(=O)Cn2cc(N)ccc2=O)o1. The number of rotatable bonds is 4. The first-order valence-electron chi connectivity index (χ1n) is 5.82. The third kappa shape index (κ3) is 3.48. The van der Waals surface area contributed by atoms with Crippen molar-refractivity contribution in [3.63, 3.8) is 0 Å². The molecule has 0 radical (unpaired) electrons. The molecule has 1 amide bonds. The van der Waals surface area contributed by atoms with Crippen molar-refractivity contribution in [2.24, 2.45) is 0 Å². The van der Waals surface area contributed by atoms with E-state index in [1.54, 1.807) is 6.07 Å². The van der Waals surface area contributed by atoms with E-state index in [-0.39, 0.29) is 18.0 Å². The van der Waals surface area contributed by atoms with Crippen LogP contribution in [0.1, 0.15) is 11.5 Å². The summed E-state index contributed by atoms with van der Waals surface area (Å²) in [6.07, 6.45) is 1.44. The summed E-state index contributed by atoms with van der Waals surface area (Å²) >= 11 is 0. The number of nitrogen functional groups attached to an aromatic ring is 1. The van der Waals surface area contributed by atoms with E-state index < -0.39 is 0 Å². The first kappa shape index (κ1) is 12.9. The van der Waals surface area contributed by atoms with Gasteiger partial charge in [-0.1, -0.05) is 0 Å². The number of aromatic nitrogens is 1. The van der Waals surface area contributed by atoms with E-state index in [0.717, 1.165) is 5.76 Å². The number of anilines is 1. The van der Waals surface area contributed by atoms with Crippen molar-refractivity contribution in [3.8, 4) is 0 Å².